The van der Waals surface area contributed by atoms with Crippen molar-refractivity contribution in [2.24, 2.45) is 0 Å². The van der Waals surface area contributed by atoms with Crippen LogP contribution in [0.25, 0.3) is 11.1 Å². The van der Waals surface area contributed by atoms with Crippen molar-refractivity contribution in [2.75, 3.05) is 5.73 Å². The van der Waals surface area contributed by atoms with E-state index in [0.29, 0.717) is 23.3 Å². The lowest BCUT2D eigenvalue weighted by Crippen LogP contribution is -2.15. The first-order chi connectivity index (χ1) is 8.75. The number of rotatable bonds is 2. The zero-order valence-electron chi connectivity index (χ0n) is 9.54. The normalized spacial score (nSPS) is 10.9. The molecule has 5 nitrogen and oxygen atoms in total. The first-order valence-electron chi connectivity index (χ1n) is 5.52. The number of aromatic nitrogens is 2. The third-order valence-corrected chi connectivity index (χ3v) is 2.81. The average molecular weight is 241 g/mol. The summed E-state index contributed by atoms with van der Waals surface area (Å²) in [6, 6.07) is 8.95. The molecule has 1 aromatic carbocycles. The molecule has 0 unspecified atom stereocenters. The van der Waals surface area contributed by atoms with E-state index in [0.717, 1.165) is 5.56 Å². The molecule has 2 aromatic heterocycles. The Labute approximate surface area is 102 Å². The predicted molar refractivity (Wildman–Crippen MR) is 68.2 cm³/mol. The molecule has 0 saturated carbocycles. The number of fused-ring (bicyclic) bond motifs is 1. The Morgan fingerprint density at radius 1 is 1.22 bits per heavy atom. The van der Waals surface area contributed by atoms with Crippen molar-refractivity contribution in [1.82, 2.24) is 9.55 Å². The van der Waals surface area contributed by atoms with Gasteiger partial charge in [-0.3, -0.25) is 9.55 Å². The summed E-state index contributed by atoms with van der Waals surface area (Å²) >= 11 is 0. The van der Waals surface area contributed by atoms with Crippen LogP contribution in [0.1, 0.15) is 5.56 Å². The molecule has 0 atom stereocenters. The Balaban J connectivity index is 2.17. The second-order valence-electron chi connectivity index (χ2n) is 4.00. The molecule has 0 fully saturated rings. The number of hydrogen-bond donors (Lipinski definition) is 1. The van der Waals surface area contributed by atoms with Crippen LogP contribution < -0.4 is 11.5 Å². The molecule has 2 heterocycles. The van der Waals surface area contributed by atoms with E-state index in [9.17, 15) is 4.79 Å². The SMILES string of the molecule is Nc1cccc2oc(=O)n(Cc3ccncc3)c12. The lowest BCUT2D eigenvalue weighted by atomic mass is 10.2. The van der Waals surface area contributed by atoms with E-state index < -0.39 is 5.76 Å². The second kappa shape index (κ2) is 4.03. The fourth-order valence-electron chi connectivity index (χ4n) is 1.97. The van der Waals surface area contributed by atoms with Gasteiger partial charge < -0.3 is 10.2 Å². The van der Waals surface area contributed by atoms with Crippen LogP contribution in [0.15, 0.2) is 51.9 Å². The van der Waals surface area contributed by atoms with Crippen LogP contribution in [0, 0.1) is 0 Å². The van der Waals surface area contributed by atoms with Gasteiger partial charge in [-0.1, -0.05) is 6.07 Å². The van der Waals surface area contributed by atoms with Gasteiger partial charge in [0.05, 0.1) is 12.2 Å². The van der Waals surface area contributed by atoms with Gasteiger partial charge in [0.2, 0.25) is 0 Å². The number of oxazole rings is 1. The van der Waals surface area contributed by atoms with Gasteiger partial charge in [-0.15, -0.1) is 0 Å². The van der Waals surface area contributed by atoms with Crippen LogP contribution in [0.5, 0.6) is 0 Å². The molecule has 0 aliphatic rings. The molecule has 0 amide bonds. The predicted octanol–water partition coefficient (Wildman–Crippen LogP) is 1.62. The van der Waals surface area contributed by atoms with Crippen LogP contribution in [0.2, 0.25) is 0 Å². The molecule has 0 saturated heterocycles. The maximum Gasteiger partial charge on any atom is 0.420 e. The fraction of sp³-hybridized carbons (Fsp3) is 0.0769. The molecule has 0 spiro atoms. The van der Waals surface area contributed by atoms with Gasteiger partial charge in [-0.2, -0.15) is 0 Å². The summed E-state index contributed by atoms with van der Waals surface area (Å²) in [6.07, 6.45) is 3.37. The minimum Gasteiger partial charge on any atom is -0.408 e. The van der Waals surface area contributed by atoms with E-state index in [4.69, 9.17) is 10.2 Å². The molecular weight excluding hydrogens is 230 g/mol. The minimum absolute atomic E-state index is 0.403. The molecule has 3 aromatic rings. The highest BCUT2D eigenvalue weighted by Gasteiger charge is 2.11. The van der Waals surface area contributed by atoms with Crippen molar-refractivity contribution < 1.29 is 4.42 Å². The van der Waals surface area contributed by atoms with E-state index >= 15 is 0 Å². The Morgan fingerprint density at radius 2 is 2.00 bits per heavy atom. The Bertz CT molecular complexity index is 744. The van der Waals surface area contributed by atoms with Crippen molar-refractivity contribution in [3.63, 3.8) is 0 Å². The maximum absolute atomic E-state index is 11.8. The number of nitrogens with zero attached hydrogens (tertiary/aromatic N) is 2. The summed E-state index contributed by atoms with van der Waals surface area (Å²) < 4.78 is 6.69. The summed E-state index contributed by atoms with van der Waals surface area (Å²) in [5.41, 5.74) is 8.54. The summed E-state index contributed by atoms with van der Waals surface area (Å²) in [4.78, 5) is 15.8. The summed E-state index contributed by atoms with van der Waals surface area (Å²) in [6.45, 7) is 0.419. The molecular formula is C13H11N3O2. The van der Waals surface area contributed by atoms with Gasteiger partial charge >= 0.3 is 5.76 Å². The van der Waals surface area contributed by atoms with Crippen LogP contribution in [-0.4, -0.2) is 9.55 Å². The smallest absolute Gasteiger partial charge is 0.408 e. The Hall–Kier alpha value is -2.56. The minimum atomic E-state index is -0.403. The standard InChI is InChI=1S/C13H11N3O2/c14-10-2-1-3-11-12(10)16(13(17)18-11)8-9-4-6-15-7-5-9/h1-7H,8,14H2. The second-order valence-corrected chi connectivity index (χ2v) is 4.00. The summed E-state index contributed by atoms with van der Waals surface area (Å²) in [5.74, 6) is -0.403. The molecule has 3 rings (SSSR count). The van der Waals surface area contributed by atoms with Gasteiger partial charge in [-0.25, -0.2) is 4.79 Å². The number of nitrogens with two attached hydrogens (primary N) is 1. The highest BCUT2D eigenvalue weighted by atomic mass is 16.4. The molecule has 18 heavy (non-hydrogen) atoms. The van der Waals surface area contributed by atoms with Crippen LogP contribution in [0.4, 0.5) is 5.69 Å². The number of anilines is 1. The Morgan fingerprint density at radius 3 is 2.78 bits per heavy atom. The van der Waals surface area contributed by atoms with E-state index in [1.165, 1.54) is 4.57 Å². The maximum atomic E-state index is 11.8. The van der Waals surface area contributed by atoms with Crippen LogP contribution in [-0.2, 0) is 6.54 Å². The highest BCUT2D eigenvalue weighted by molar-refractivity contribution is 5.85. The van der Waals surface area contributed by atoms with Gasteiger partial charge in [-0.05, 0) is 29.8 Å². The van der Waals surface area contributed by atoms with Crippen molar-refractivity contribution in [3.8, 4) is 0 Å². The number of nitrogen functional groups attached to an aromatic ring is 1. The van der Waals surface area contributed by atoms with Crippen molar-refractivity contribution in [2.45, 2.75) is 6.54 Å². The molecule has 0 radical (unpaired) electrons. The van der Waals surface area contributed by atoms with E-state index in [1.54, 1.807) is 30.6 Å². The Kier molecular flexibility index (Phi) is 2.37. The lowest BCUT2D eigenvalue weighted by molar-refractivity contribution is 0.517. The first kappa shape index (κ1) is 10.6. The first-order valence-corrected chi connectivity index (χ1v) is 5.52. The van der Waals surface area contributed by atoms with Crippen LogP contribution >= 0.6 is 0 Å². The van der Waals surface area contributed by atoms with E-state index in [-0.39, 0.29) is 0 Å². The fourth-order valence-corrected chi connectivity index (χ4v) is 1.97. The van der Waals surface area contributed by atoms with Gasteiger partial charge in [0.15, 0.2) is 5.58 Å². The molecule has 2 N–H and O–H groups in total. The van der Waals surface area contributed by atoms with Gasteiger partial charge in [0.25, 0.3) is 0 Å². The monoisotopic (exact) mass is 241 g/mol. The largest absolute Gasteiger partial charge is 0.420 e. The molecule has 90 valence electrons. The van der Waals surface area contributed by atoms with Gasteiger partial charge in [0.1, 0.15) is 5.52 Å². The average Bonchev–Trinajstić information content (AvgIpc) is 2.69. The van der Waals surface area contributed by atoms with Gasteiger partial charge in [0, 0.05) is 12.4 Å². The number of benzene rings is 1. The summed E-state index contributed by atoms with van der Waals surface area (Å²) in [5, 5.41) is 0. The highest BCUT2D eigenvalue weighted by Crippen LogP contribution is 2.20. The number of hydrogen-bond acceptors (Lipinski definition) is 4. The number of para-hydroxylation sites is 1. The quantitative estimate of drug-likeness (QED) is 0.692. The van der Waals surface area contributed by atoms with Crippen molar-refractivity contribution in [1.29, 1.82) is 0 Å². The molecule has 5 heteroatoms. The third-order valence-electron chi connectivity index (χ3n) is 2.81. The van der Waals surface area contributed by atoms with Crippen molar-refractivity contribution in [3.05, 3.63) is 58.8 Å². The zero-order chi connectivity index (χ0) is 12.5. The third kappa shape index (κ3) is 1.66. The van der Waals surface area contributed by atoms with E-state index in [1.807, 2.05) is 12.1 Å². The topological polar surface area (TPSA) is 74.0 Å². The van der Waals surface area contributed by atoms with Crippen molar-refractivity contribution >= 4 is 16.8 Å². The number of pyridine rings is 1. The summed E-state index contributed by atoms with van der Waals surface area (Å²) in [7, 11) is 0. The van der Waals surface area contributed by atoms with E-state index in [2.05, 4.69) is 4.98 Å². The molecule has 0 bridgehead atoms. The molecule has 0 aliphatic heterocycles. The zero-order valence-corrected chi connectivity index (χ0v) is 9.54. The van der Waals surface area contributed by atoms with Crippen LogP contribution in [0.3, 0.4) is 0 Å². The molecule has 0 aliphatic carbocycles. The lowest BCUT2D eigenvalue weighted by Gasteiger charge is -2.03.